The molecule has 1 saturated heterocycles. The number of urea groups is 1. The average molecular weight is 714 g/mol. The van der Waals surface area contributed by atoms with E-state index in [1.807, 2.05) is 66.7 Å². The summed E-state index contributed by atoms with van der Waals surface area (Å²) in [6.45, 7) is 7.31. The van der Waals surface area contributed by atoms with Gasteiger partial charge in [-0.25, -0.2) is 29.8 Å². The molecule has 0 spiro atoms. The first kappa shape index (κ1) is 36.5. The summed E-state index contributed by atoms with van der Waals surface area (Å²) >= 11 is 0. The van der Waals surface area contributed by atoms with E-state index in [0.717, 1.165) is 17.4 Å². The molecule has 2 aliphatic heterocycles. The minimum Gasteiger partial charge on any atom is -0.497 e. The molecule has 2 fully saturated rings. The lowest BCUT2D eigenvalue weighted by molar-refractivity contribution is -0.149. The molecule has 2 N–H and O–H groups in total. The molecular weight excluding hydrogens is 666 g/mol. The monoisotopic (exact) mass is 713 g/mol. The number of allylic oxidation sites excluding steroid dienone is 1. The molecule has 1 aliphatic carbocycles. The number of amides is 4. The van der Waals surface area contributed by atoms with Gasteiger partial charge in [0.15, 0.2) is 0 Å². The van der Waals surface area contributed by atoms with Crippen molar-refractivity contribution in [2.45, 2.75) is 83.1 Å². The van der Waals surface area contributed by atoms with Gasteiger partial charge in [-0.15, -0.1) is 0 Å². The predicted molar refractivity (Wildman–Crippen MR) is 193 cm³/mol. The predicted octanol–water partition coefficient (Wildman–Crippen LogP) is 5.77. The van der Waals surface area contributed by atoms with Crippen LogP contribution in [0, 0.1) is 5.92 Å². The van der Waals surface area contributed by atoms with Crippen molar-refractivity contribution in [1.29, 1.82) is 0 Å². The molecule has 276 valence electrons. The molecule has 3 heterocycles. The fourth-order valence-corrected chi connectivity index (χ4v) is 6.75. The molecule has 1 unspecified atom stereocenters. The summed E-state index contributed by atoms with van der Waals surface area (Å²) in [5, 5.41) is 4.90. The van der Waals surface area contributed by atoms with Crippen LogP contribution in [0.2, 0.25) is 0 Å². The van der Waals surface area contributed by atoms with Crippen LogP contribution >= 0.6 is 0 Å². The highest BCUT2D eigenvalue weighted by Gasteiger charge is 2.62. The highest BCUT2D eigenvalue weighted by molar-refractivity contribution is 5.95. The number of nitrogens with one attached hydrogen (secondary N) is 2. The van der Waals surface area contributed by atoms with Crippen molar-refractivity contribution in [2.24, 2.45) is 5.92 Å². The largest absolute Gasteiger partial charge is 0.497 e. The van der Waals surface area contributed by atoms with Gasteiger partial charge in [-0.05, 0) is 65.5 Å². The molecule has 1 aromatic heterocycles. The average Bonchev–Trinajstić information content (AvgIpc) is 3.64. The maximum atomic E-state index is 14.4. The number of rotatable bonds is 7. The zero-order valence-electron chi connectivity index (χ0n) is 30.3. The molecule has 6 rings (SSSR count). The first-order chi connectivity index (χ1) is 24.9. The maximum absolute atomic E-state index is 14.4. The number of aromatic nitrogens is 1. The molecule has 0 bridgehead atoms. The van der Waals surface area contributed by atoms with E-state index >= 15 is 0 Å². The van der Waals surface area contributed by atoms with E-state index in [1.165, 1.54) is 9.91 Å². The molecule has 52 heavy (non-hydrogen) atoms. The van der Waals surface area contributed by atoms with Crippen molar-refractivity contribution in [3.05, 3.63) is 66.7 Å². The third-order valence-corrected chi connectivity index (χ3v) is 9.38. The molecule has 13 nitrogen and oxygen atoms in total. The molecule has 3 aromatic rings. The molecular formula is C39H47N5O8. The smallest absolute Gasteiger partial charge is 0.426 e. The van der Waals surface area contributed by atoms with Crippen LogP contribution in [0.5, 0.6) is 11.5 Å². The van der Waals surface area contributed by atoms with Crippen molar-refractivity contribution in [1.82, 2.24) is 25.6 Å². The highest BCUT2D eigenvalue weighted by atomic mass is 16.6. The molecule has 4 atom stereocenters. The Hall–Kier alpha value is -5.33. The second kappa shape index (κ2) is 15.1. The number of esters is 1. The fraction of sp³-hybridized carbons (Fsp3) is 0.462. The summed E-state index contributed by atoms with van der Waals surface area (Å²) in [4.78, 5) is 61.1. The van der Waals surface area contributed by atoms with Gasteiger partial charge in [0.2, 0.25) is 5.91 Å². The Balaban J connectivity index is 1.35. The summed E-state index contributed by atoms with van der Waals surface area (Å²) in [7, 11) is 1.59. The SMILES string of the molecule is CCOC(=O)[C@@]12CC1C=CCCCCN(NC(=O)OC(C)(C)C)C(=O)N1C[C@H](Oc3cc(-c4ccccc4)nc4cc(OC)ccc34)C[C@H]1C(=O)N2. The Kier molecular flexibility index (Phi) is 10.6. The van der Waals surface area contributed by atoms with Crippen molar-refractivity contribution in [3.63, 3.8) is 0 Å². The number of hydrogen-bond donors (Lipinski definition) is 2. The van der Waals surface area contributed by atoms with Crippen LogP contribution in [0.15, 0.2) is 66.7 Å². The molecule has 3 aliphatic rings. The Morgan fingerprint density at radius 3 is 2.60 bits per heavy atom. The third-order valence-electron chi connectivity index (χ3n) is 9.38. The van der Waals surface area contributed by atoms with Gasteiger partial charge in [0.25, 0.3) is 0 Å². The highest BCUT2D eigenvalue weighted by Crippen LogP contribution is 2.46. The number of methoxy groups -OCH3 is 1. The second-order valence-electron chi connectivity index (χ2n) is 14.4. The van der Waals surface area contributed by atoms with Crippen molar-refractivity contribution in [2.75, 3.05) is 26.8 Å². The third kappa shape index (κ3) is 8.08. The minimum atomic E-state index is -1.22. The maximum Gasteiger partial charge on any atom is 0.426 e. The Bertz CT molecular complexity index is 1840. The van der Waals surface area contributed by atoms with Crippen molar-refractivity contribution < 1.29 is 38.1 Å². The van der Waals surface area contributed by atoms with Crippen LogP contribution < -0.4 is 20.2 Å². The summed E-state index contributed by atoms with van der Waals surface area (Å²) in [5.74, 6) is -0.0788. The topological polar surface area (TPSA) is 149 Å². The van der Waals surface area contributed by atoms with E-state index in [2.05, 4.69) is 10.7 Å². The summed E-state index contributed by atoms with van der Waals surface area (Å²) in [6.07, 6.45) is 5.02. The summed E-state index contributed by atoms with van der Waals surface area (Å²) in [6, 6.07) is 15.5. The number of fused-ring (bicyclic) bond motifs is 3. The Labute approximate surface area is 303 Å². The van der Waals surface area contributed by atoms with Crippen molar-refractivity contribution >= 4 is 34.9 Å². The second-order valence-corrected chi connectivity index (χ2v) is 14.4. The molecule has 1 saturated carbocycles. The fourth-order valence-electron chi connectivity index (χ4n) is 6.75. The van der Waals surface area contributed by atoms with Crippen LogP contribution in [-0.2, 0) is 19.1 Å². The van der Waals surface area contributed by atoms with Crippen LogP contribution in [-0.4, -0.2) is 89.0 Å². The number of ether oxygens (including phenoxy) is 4. The quantitative estimate of drug-likeness (QED) is 0.230. The van der Waals surface area contributed by atoms with Gasteiger partial charge in [0.1, 0.15) is 34.8 Å². The molecule has 0 radical (unpaired) electrons. The van der Waals surface area contributed by atoms with E-state index < -0.39 is 47.3 Å². The van der Waals surface area contributed by atoms with Crippen LogP contribution in [0.4, 0.5) is 9.59 Å². The van der Waals surface area contributed by atoms with Crippen LogP contribution in [0.25, 0.3) is 22.2 Å². The van der Waals surface area contributed by atoms with Gasteiger partial charge < -0.3 is 29.2 Å². The standard InChI is InChI=1S/C39H47N5O8/c1-6-50-35(46)39-23-26(39)16-12-7-8-13-19-44(42-36(47)52-38(2,3)4)37(48)43-24-28(21-32(43)34(45)41-39)51-33-22-30(25-14-10-9-11-15-25)40-31-20-27(49-5)17-18-29(31)33/h9-12,14-18,20,22,26,28,32H,6-8,13,19,21,23-24H2,1-5H3,(H,41,45)(H,42,47)/t26?,28-,32+,39-/m1/s1. The zero-order valence-corrected chi connectivity index (χ0v) is 30.3. The summed E-state index contributed by atoms with van der Waals surface area (Å²) in [5.41, 5.74) is 2.81. The lowest BCUT2D eigenvalue weighted by Crippen LogP contribution is -2.58. The first-order valence-electron chi connectivity index (χ1n) is 17.9. The van der Waals surface area contributed by atoms with E-state index in [0.29, 0.717) is 42.0 Å². The number of benzene rings is 2. The van der Waals surface area contributed by atoms with Crippen LogP contribution in [0.3, 0.4) is 0 Å². The molecule has 13 heteroatoms. The molecule has 4 amide bonds. The summed E-state index contributed by atoms with van der Waals surface area (Å²) < 4.78 is 23.0. The number of carbonyl (C=O) groups excluding carboxylic acids is 4. The van der Waals surface area contributed by atoms with Gasteiger partial charge in [-0.1, -0.05) is 42.5 Å². The van der Waals surface area contributed by atoms with Gasteiger partial charge >= 0.3 is 18.1 Å². The first-order valence-corrected chi connectivity index (χ1v) is 17.9. The van der Waals surface area contributed by atoms with Gasteiger partial charge in [-0.2, -0.15) is 0 Å². The van der Waals surface area contributed by atoms with Crippen molar-refractivity contribution in [3.8, 4) is 22.8 Å². The van der Waals surface area contributed by atoms with E-state index in [-0.39, 0.29) is 32.0 Å². The van der Waals surface area contributed by atoms with E-state index in [4.69, 9.17) is 23.9 Å². The lowest BCUT2D eigenvalue weighted by atomic mass is 10.1. The number of hydrazine groups is 1. The van der Waals surface area contributed by atoms with Crippen LogP contribution in [0.1, 0.15) is 59.8 Å². The normalized spacial score (nSPS) is 23.5. The van der Waals surface area contributed by atoms with E-state index in [9.17, 15) is 19.2 Å². The zero-order chi connectivity index (χ0) is 37.0. The Morgan fingerprint density at radius 2 is 1.87 bits per heavy atom. The van der Waals surface area contributed by atoms with E-state index in [1.54, 1.807) is 34.8 Å². The number of hydrogen-bond acceptors (Lipinski definition) is 9. The number of carbonyl (C=O) groups is 4. The lowest BCUT2D eigenvalue weighted by Gasteiger charge is -2.32. The number of nitrogens with zero attached hydrogens (tertiary/aromatic N) is 3. The minimum absolute atomic E-state index is 0.0276. The molecule has 2 aromatic carbocycles. The van der Waals surface area contributed by atoms with Gasteiger partial charge in [0.05, 0.1) is 31.5 Å². The van der Waals surface area contributed by atoms with Gasteiger partial charge in [0, 0.05) is 42.0 Å². The van der Waals surface area contributed by atoms with Gasteiger partial charge in [-0.3, -0.25) is 4.79 Å². The number of pyridine rings is 1. The Morgan fingerprint density at radius 1 is 1.08 bits per heavy atom.